The molecule has 0 radical (unpaired) electrons. The van der Waals surface area contributed by atoms with Crippen LogP contribution in [0.2, 0.25) is 0 Å². The molecule has 24 heavy (non-hydrogen) atoms. The molecule has 2 saturated heterocycles. The summed E-state index contributed by atoms with van der Waals surface area (Å²) in [6.07, 6.45) is 6.03. The number of hydrogen-bond donors (Lipinski definition) is 0. The van der Waals surface area contributed by atoms with Crippen molar-refractivity contribution in [2.75, 3.05) is 49.1 Å². The van der Waals surface area contributed by atoms with E-state index < -0.39 is 0 Å². The highest BCUT2D eigenvalue weighted by molar-refractivity contribution is 5.44. The van der Waals surface area contributed by atoms with Gasteiger partial charge in [-0.05, 0) is 18.9 Å². The summed E-state index contributed by atoms with van der Waals surface area (Å²) in [7, 11) is 1.94. The molecule has 0 aromatic carbocycles. The predicted molar refractivity (Wildman–Crippen MR) is 92.0 cm³/mol. The molecule has 2 aliphatic rings. The number of aromatic nitrogens is 5. The lowest BCUT2D eigenvalue weighted by Gasteiger charge is -2.34. The Morgan fingerprint density at radius 3 is 2.46 bits per heavy atom. The minimum atomic E-state index is 0.846. The molecule has 8 heteroatoms. The van der Waals surface area contributed by atoms with Crippen LogP contribution in [0.25, 0.3) is 0 Å². The molecular formula is C16H24N8. The third kappa shape index (κ3) is 3.19. The average molecular weight is 328 g/mol. The molecule has 0 N–H and O–H groups in total. The van der Waals surface area contributed by atoms with E-state index in [1.54, 1.807) is 6.33 Å². The first-order chi connectivity index (χ1) is 11.8. The number of anilines is 2. The minimum absolute atomic E-state index is 0.846. The molecule has 0 unspecified atom stereocenters. The highest BCUT2D eigenvalue weighted by Gasteiger charge is 2.21. The fourth-order valence-electron chi connectivity index (χ4n) is 3.38. The summed E-state index contributed by atoms with van der Waals surface area (Å²) in [6, 6.07) is 2.03. The van der Waals surface area contributed by atoms with Gasteiger partial charge in [0.25, 0.3) is 0 Å². The zero-order chi connectivity index (χ0) is 16.4. The van der Waals surface area contributed by atoms with Gasteiger partial charge in [-0.3, -0.25) is 9.58 Å². The lowest BCUT2D eigenvalue weighted by molar-refractivity contribution is 0.239. The van der Waals surface area contributed by atoms with E-state index in [9.17, 15) is 0 Å². The van der Waals surface area contributed by atoms with Crippen LogP contribution >= 0.6 is 0 Å². The number of rotatable bonds is 4. The van der Waals surface area contributed by atoms with Gasteiger partial charge in [-0.2, -0.15) is 10.1 Å². The maximum absolute atomic E-state index is 4.79. The quantitative estimate of drug-likeness (QED) is 0.811. The van der Waals surface area contributed by atoms with Gasteiger partial charge in [0.2, 0.25) is 5.95 Å². The maximum atomic E-state index is 4.79. The highest BCUT2D eigenvalue weighted by Crippen LogP contribution is 2.20. The molecule has 2 aliphatic heterocycles. The van der Waals surface area contributed by atoms with Gasteiger partial charge in [-0.1, -0.05) is 0 Å². The molecule has 0 spiro atoms. The second-order valence-electron chi connectivity index (χ2n) is 6.47. The van der Waals surface area contributed by atoms with Crippen molar-refractivity contribution in [2.45, 2.75) is 19.4 Å². The summed E-state index contributed by atoms with van der Waals surface area (Å²) in [4.78, 5) is 20.6. The SMILES string of the molecule is Cn1ncnc1CN1CCN(c2nccc(N3CCCC3)n2)CC1. The fourth-order valence-corrected chi connectivity index (χ4v) is 3.38. The van der Waals surface area contributed by atoms with Gasteiger partial charge in [0.1, 0.15) is 18.0 Å². The van der Waals surface area contributed by atoms with Crippen LogP contribution in [0, 0.1) is 0 Å². The molecular weight excluding hydrogens is 304 g/mol. The normalized spacial score (nSPS) is 19.2. The summed E-state index contributed by atoms with van der Waals surface area (Å²) in [5.74, 6) is 2.94. The van der Waals surface area contributed by atoms with Crippen molar-refractivity contribution in [3.63, 3.8) is 0 Å². The minimum Gasteiger partial charge on any atom is -0.356 e. The van der Waals surface area contributed by atoms with Crippen LogP contribution in [0.1, 0.15) is 18.7 Å². The molecule has 0 saturated carbocycles. The predicted octanol–water partition coefficient (Wildman–Crippen LogP) is 0.528. The first-order valence-corrected chi connectivity index (χ1v) is 8.68. The number of piperazine rings is 1. The Hall–Kier alpha value is -2.22. The van der Waals surface area contributed by atoms with Crippen LogP contribution in [-0.2, 0) is 13.6 Å². The Bertz CT molecular complexity index is 670. The van der Waals surface area contributed by atoms with Crippen molar-refractivity contribution in [1.29, 1.82) is 0 Å². The van der Waals surface area contributed by atoms with E-state index in [0.717, 1.165) is 63.4 Å². The maximum Gasteiger partial charge on any atom is 0.227 e. The van der Waals surface area contributed by atoms with E-state index in [2.05, 4.69) is 29.8 Å². The number of aryl methyl sites for hydroxylation is 1. The van der Waals surface area contributed by atoms with E-state index in [4.69, 9.17) is 4.98 Å². The zero-order valence-corrected chi connectivity index (χ0v) is 14.2. The highest BCUT2D eigenvalue weighted by atomic mass is 15.4. The molecule has 2 aromatic rings. The molecule has 4 heterocycles. The third-order valence-electron chi connectivity index (χ3n) is 4.88. The lowest BCUT2D eigenvalue weighted by Crippen LogP contribution is -2.46. The van der Waals surface area contributed by atoms with Crippen LogP contribution in [0.4, 0.5) is 11.8 Å². The van der Waals surface area contributed by atoms with Gasteiger partial charge in [-0.25, -0.2) is 9.97 Å². The number of hydrogen-bond acceptors (Lipinski definition) is 7. The van der Waals surface area contributed by atoms with Crippen LogP contribution < -0.4 is 9.80 Å². The van der Waals surface area contributed by atoms with Crippen molar-refractivity contribution in [3.8, 4) is 0 Å². The summed E-state index contributed by atoms with van der Waals surface area (Å²) < 4.78 is 1.84. The Morgan fingerprint density at radius 1 is 0.958 bits per heavy atom. The smallest absolute Gasteiger partial charge is 0.227 e. The molecule has 2 fully saturated rings. The summed E-state index contributed by atoms with van der Waals surface area (Å²) in [5.41, 5.74) is 0. The van der Waals surface area contributed by atoms with E-state index in [-0.39, 0.29) is 0 Å². The van der Waals surface area contributed by atoms with Crippen molar-refractivity contribution >= 4 is 11.8 Å². The summed E-state index contributed by atoms with van der Waals surface area (Å²) in [6.45, 7) is 6.94. The summed E-state index contributed by atoms with van der Waals surface area (Å²) >= 11 is 0. The molecule has 0 bridgehead atoms. The van der Waals surface area contributed by atoms with Gasteiger partial charge >= 0.3 is 0 Å². The van der Waals surface area contributed by atoms with Gasteiger partial charge in [-0.15, -0.1) is 0 Å². The Morgan fingerprint density at radius 2 is 1.75 bits per heavy atom. The van der Waals surface area contributed by atoms with Crippen LogP contribution in [0.5, 0.6) is 0 Å². The third-order valence-corrected chi connectivity index (χ3v) is 4.88. The van der Waals surface area contributed by atoms with Crippen molar-refractivity contribution in [1.82, 2.24) is 29.6 Å². The van der Waals surface area contributed by atoms with Crippen molar-refractivity contribution in [2.24, 2.45) is 7.05 Å². The standard InChI is InChI=1S/C16H24N8/c1-21-15(18-13-19-21)12-22-8-10-24(11-9-22)16-17-5-4-14(20-16)23-6-2-3-7-23/h4-5,13H,2-3,6-12H2,1H3. The Kier molecular flexibility index (Phi) is 4.29. The lowest BCUT2D eigenvalue weighted by atomic mass is 10.3. The van der Waals surface area contributed by atoms with Gasteiger partial charge in [0.15, 0.2) is 0 Å². The van der Waals surface area contributed by atoms with E-state index in [1.807, 2.05) is 24.0 Å². The molecule has 0 aliphatic carbocycles. The van der Waals surface area contributed by atoms with E-state index in [1.165, 1.54) is 12.8 Å². The summed E-state index contributed by atoms with van der Waals surface area (Å²) in [5, 5.41) is 4.14. The molecule has 128 valence electrons. The first-order valence-electron chi connectivity index (χ1n) is 8.68. The van der Waals surface area contributed by atoms with Crippen LogP contribution in [0.15, 0.2) is 18.6 Å². The van der Waals surface area contributed by atoms with Gasteiger partial charge in [0.05, 0.1) is 6.54 Å². The molecule has 4 rings (SSSR count). The van der Waals surface area contributed by atoms with Gasteiger partial charge < -0.3 is 9.80 Å². The Balaban J connectivity index is 1.37. The van der Waals surface area contributed by atoms with Crippen molar-refractivity contribution in [3.05, 3.63) is 24.4 Å². The van der Waals surface area contributed by atoms with Crippen LogP contribution in [-0.4, -0.2) is 68.9 Å². The first kappa shape index (κ1) is 15.3. The van der Waals surface area contributed by atoms with E-state index in [0.29, 0.717) is 0 Å². The molecule has 0 amide bonds. The van der Waals surface area contributed by atoms with Gasteiger partial charge in [0, 0.05) is 52.5 Å². The molecule has 0 atom stereocenters. The monoisotopic (exact) mass is 328 g/mol. The fraction of sp³-hybridized carbons (Fsp3) is 0.625. The Labute approximate surface area is 142 Å². The molecule has 8 nitrogen and oxygen atoms in total. The van der Waals surface area contributed by atoms with Crippen LogP contribution in [0.3, 0.4) is 0 Å². The average Bonchev–Trinajstić information content (AvgIpc) is 3.28. The topological polar surface area (TPSA) is 66.2 Å². The largest absolute Gasteiger partial charge is 0.356 e. The van der Waals surface area contributed by atoms with Crippen molar-refractivity contribution < 1.29 is 0 Å². The molecule has 2 aromatic heterocycles. The zero-order valence-electron chi connectivity index (χ0n) is 14.2. The second kappa shape index (κ2) is 6.72. The second-order valence-corrected chi connectivity index (χ2v) is 6.47. The number of nitrogens with zero attached hydrogens (tertiary/aromatic N) is 8. The van der Waals surface area contributed by atoms with E-state index >= 15 is 0 Å².